The molecular weight excluding hydrogens is 516 g/mol. The molecule has 0 bridgehead atoms. The largest absolute Gasteiger partial charge is 0.490 e. The molecule has 34 heavy (non-hydrogen) atoms. The van der Waals surface area contributed by atoms with Crippen molar-refractivity contribution >= 4 is 61.9 Å². The summed E-state index contributed by atoms with van der Waals surface area (Å²) in [6.07, 6.45) is 1.54. The Kier molecular flexibility index (Phi) is 7.00. The molecule has 6 nitrogen and oxygen atoms in total. The number of hydrogen-bond acceptors (Lipinski definition) is 5. The van der Waals surface area contributed by atoms with Crippen molar-refractivity contribution in [2.75, 3.05) is 20.7 Å². The minimum absolute atomic E-state index is 0.0200. The fourth-order valence-corrected chi connectivity index (χ4v) is 4.27. The number of rotatable bonds is 6. The maximum atomic E-state index is 12.7. The normalized spacial score (nSPS) is 14.1. The van der Waals surface area contributed by atoms with Crippen LogP contribution in [0, 0.1) is 0 Å². The van der Waals surface area contributed by atoms with Crippen LogP contribution in [-0.2, 0) is 16.2 Å². The molecule has 0 aliphatic carbocycles. The summed E-state index contributed by atoms with van der Waals surface area (Å²) in [7, 11) is 3.09. The Morgan fingerprint density at radius 1 is 0.912 bits per heavy atom. The molecule has 4 rings (SSSR count). The third kappa shape index (κ3) is 4.69. The van der Waals surface area contributed by atoms with Gasteiger partial charge in [-0.15, -0.1) is 0 Å². The second kappa shape index (κ2) is 9.95. The molecule has 2 amide bonds. The van der Waals surface area contributed by atoms with Crippen LogP contribution >= 0.6 is 28.1 Å². The van der Waals surface area contributed by atoms with Crippen LogP contribution in [0.4, 0.5) is 0 Å². The van der Waals surface area contributed by atoms with Gasteiger partial charge in [-0.05, 0) is 65.3 Å². The lowest BCUT2D eigenvalue weighted by molar-refractivity contribution is -0.132. The van der Waals surface area contributed by atoms with Crippen LogP contribution < -0.4 is 9.47 Å². The van der Waals surface area contributed by atoms with Crippen molar-refractivity contribution < 1.29 is 19.1 Å². The second-order valence-corrected chi connectivity index (χ2v) is 9.01. The Morgan fingerprint density at radius 2 is 1.56 bits per heavy atom. The van der Waals surface area contributed by atoms with Crippen LogP contribution in [0.5, 0.6) is 11.5 Å². The van der Waals surface area contributed by atoms with E-state index in [-0.39, 0.29) is 10.7 Å². The molecule has 1 aliphatic heterocycles. The summed E-state index contributed by atoms with van der Waals surface area (Å²) < 4.78 is 12.6. The summed E-state index contributed by atoms with van der Waals surface area (Å²) in [4.78, 5) is 27.9. The third-order valence-corrected chi connectivity index (χ3v) is 6.75. The van der Waals surface area contributed by atoms with Gasteiger partial charge >= 0.3 is 0 Å². The van der Waals surface area contributed by atoms with E-state index >= 15 is 0 Å². The first-order valence-electron chi connectivity index (χ1n) is 10.7. The van der Waals surface area contributed by atoms with Gasteiger partial charge in [-0.1, -0.05) is 52.3 Å². The van der Waals surface area contributed by atoms with Crippen molar-refractivity contribution in [3.63, 3.8) is 0 Å². The lowest BCUT2D eigenvalue weighted by atomic mass is 10.1. The third-order valence-electron chi connectivity index (χ3n) is 5.51. The van der Waals surface area contributed by atoms with E-state index in [1.165, 1.54) is 15.2 Å². The molecule has 0 N–H and O–H groups in total. The average Bonchev–Trinajstić information content (AvgIpc) is 2.84. The molecule has 1 saturated heterocycles. The van der Waals surface area contributed by atoms with Gasteiger partial charge in [0.25, 0.3) is 11.8 Å². The quantitative estimate of drug-likeness (QED) is 0.246. The fourth-order valence-electron chi connectivity index (χ4n) is 3.66. The highest BCUT2D eigenvalue weighted by Gasteiger charge is 2.35. The topological polar surface area (TPSA) is 59.1 Å². The molecule has 3 aromatic rings. The van der Waals surface area contributed by atoms with Gasteiger partial charge in [-0.2, -0.15) is 0 Å². The summed E-state index contributed by atoms with van der Waals surface area (Å²) in [6, 6.07) is 17.9. The van der Waals surface area contributed by atoms with E-state index in [4.69, 9.17) is 21.7 Å². The van der Waals surface area contributed by atoms with Gasteiger partial charge in [0, 0.05) is 18.6 Å². The Balaban J connectivity index is 1.63. The molecule has 0 aromatic heterocycles. The first-order valence-corrected chi connectivity index (χ1v) is 11.9. The fraction of sp³-hybridized carbons (Fsp3) is 0.192. The lowest BCUT2D eigenvalue weighted by Gasteiger charge is -2.31. The molecule has 1 fully saturated rings. The van der Waals surface area contributed by atoms with E-state index < -0.39 is 11.8 Å². The maximum Gasteiger partial charge on any atom is 0.265 e. The number of benzene rings is 3. The van der Waals surface area contributed by atoms with Crippen molar-refractivity contribution in [2.24, 2.45) is 0 Å². The molecule has 1 heterocycles. The van der Waals surface area contributed by atoms with Crippen molar-refractivity contribution in [3.05, 3.63) is 75.8 Å². The van der Waals surface area contributed by atoms with Crippen molar-refractivity contribution in [1.29, 1.82) is 0 Å². The summed E-state index contributed by atoms with van der Waals surface area (Å²) >= 11 is 8.70. The number of amides is 2. The molecule has 174 valence electrons. The lowest BCUT2D eigenvalue weighted by Crippen LogP contribution is -2.52. The van der Waals surface area contributed by atoms with E-state index in [1.54, 1.807) is 32.3 Å². The summed E-state index contributed by atoms with van der Waals surface area (Å²) in [5.74, 6) is 0.177. The first-order chi connectivity index (χ1) is 16.3. The van der Waals surface area contributed by atoms with Gasteiger partial charge in [-0.25, -0.2) is 0 Å². The summed E-state index contributed by atoms with van der Waals surface area (Å²) in [5.41, 5.74) is 1.67. The number of carbonyl (C=O) groups excluding carboxylic acids is 2. The zero-order valence-electron chi connectivity index (χ0n) is 19.0. The highest BCUT2D eigenvalue weighted by Crippen LogP contribution is 2.36. The number of nitrogens with zero attached hydrogens (tertiary/aromatic N) is 2. The van der Waals surface area contributed by atoms with Gasteiger partial charge in [-0.3, -0.25) is 19.4 Å². The SMILES string of the molecule is CCOc1cc(C=C2C(=O)N(C)C(=S)N(C)C2=O)c(Br)cc1OCc1ccc2ccccc2c1. The van der Waals surface area contributed by atoms with Crippen LogP contribution in [0.15, 0.2) is 64.6 Å². The van der Waals surface area contributed by atoms with Crippen LogP contribution in [0.25, 0.3) is 16.8 Å². The Hall–Kier alpha value is -3.23. The van der Waals surface area contributed by atoms with E-state index in [2.05, 4.69) is 40.2 Å². The summed E-state index contributed by atoms with van der Waals surface area (Å²) in [5, 5.41) is 2.48. The number of halogens is 1. The van der Waals surface area contributed by atoms with E-state index in [1.807, 2.05) is 25.1 Å². The van der Waals surface area contributed by atoms with Crippen molar-refractivity contribution in [2.45, 2.75) is 13.5 Å². The predicted octanol–water partition coefficient (Wildman–Crippen LogP) is 5.18. The molecule has 3 aromatic carbocycles. The van der Waals surface area contributed by atoms with Crippen molar-refractivity contribution in [3.8, 4) is 11.5 Å². The molecule has 0 spiro atoms. The zero-order chi connectivity index (χ0) is 24.4. The maximum absolute atomic E-state index is 12.7. The molecule has 8 heteroatoms. The first kappa shape index (κ1) is 23.9. The highest BCUT2D eigenvalue weighted by atomic mass is 79.9. The van der Waals surface area contributed by atoms with Gasteiger partial charge in [0.1, 0.15) is 12.2 Å². The van der Waals surface area contributed by atoms with E-state index in [0.717, 1.165) is 10.9 Å². The Bertz CT molecular complexity index is 1310. The zero-order valence-corrected chi connectivity index (χ0v) is 21.4. The number of thiocarbonyl (C=S) groups is 1. The molecule has 1 aliphatic rings. The van der Waals surface area contributed by atoms with Crippen LogP contribution in [0.1, 0.15) is 18.1 Å². The number of likely N-dealkylation sites (N-methyl/N-ethyl adjacent to an activating group) is 2. The number of ether oxygens (including phenoxy) is 2. The second-order valence-electron chi connectivity index (χ2n) is 7.79. The standard InChI is InChI=1S/C26H23BrN2O4S/c1-4-32-22-13-19(12-20-24(30)28(2)26(34)29(3)25(20)31)21(27)14-23(22)33-15-16-9-10-17-7-5-6-8-18(17)11-16/h5-14H,4,15H2,1-3H3. The van der Waals surface area contributed by atoms with Gasteiger partial charge in [0.05, 0.1) is 6.61 Å². The van der Waals surface area contributed by atoms with Gasteiger partial charge in [0.2, 0.25) is 0 Å². The van der Waals surface area contributed by atoms with E-state index in [0.29, 0.717) is 34.7 Å². The molecule has 0 radical (unpaired) electrons. The number of fused-ring (bicyclic) bond motifs is 1. The molecular formula is C26H23BrN2O4S. The predicted molar refractivity (Wildman–Crippen MR) is 140 cm³/mol. The molecule has 0 unspecified atom stereocenters. The van der Waals surface area contributed by atoms with Crippen LogP contribution in [0.3, 0.4) is 0 Å². The minimum Gasteiger partial charge on any atom is -0.490 e. The smallest absolute Gasteiger partial charge is 0.265 e. The Morgan fingerprint density at radius 3 is 2.24 bits per heavy atom. The van der Waals surface area contributed by atoms with Crippen LogP contribution in [0.2, 0.25) is 0 Å². The molecule has 0 saturated carbocycles. The number of hydrogen-bond donors (Lipinski definition) is 0. The average molecular weight is 539 g/mol. The van der Waals surface area contributed by atoms with Gasteiger partial charge in [0.15, 0.2) is 16.6 Å². The van der Waals surface area contributed by atoms with Gasteiger partial charge < -0.3 is 9.47 Å². The summed E-state index contributed by atoms with van der Waals surface area (Å²) in [6.45, 7) is 2.68. The van der Waals surface area contributed by atoms with Crippen LogP contribution in [-0.4, -0.2) is 47.4 Å². The minimum atomic E-state index is -0.449. The Labute approximate surface area is 211 Å². The molecule has 0 atom stereocenters. The number of carbonyl (C=O) groups is 2. The van der Waals surface area contributed by atoms with Crippen molar-refractivity contribution in [1.82, 2.24) is 9.80 Å². The monoisotopic (exact) mass is 538 g/mol. The van der Waals surface area contributed by atoms with E-state index in [9.17, 15) is 9.59 Å². The highest BCUT2D eigenvalue weighted by molar-refractivity contribution is 9.10.